The molecule has 0 bridgehead atoms. The van der Waals surface area contributed by atoms with Crippen molar-refractivity contribution in [2.45, 2.75) is 18.7 Å². The zero-order chi connectivity index (χ0) is 20.0. The van der Waals surface area contributed by atoms with Gasteiger partial charge in [0.1, 0.15) is 17.2 Å². The summed E-state index contributed by atoms with van der Waals surface area (Å²) < 4.78 is 12.6. The molecule has 0 spiro atoms. The molecule has 7 heteroatoms. The fraction of sp³-hybridized carbons (Fsp3) is 0.182. The zero-order valence-corrected chi connectivity index (χ0v) is 17.2. The third-order valence-electron chi connectivity index (χ3n) is 5.26. The van der Waals surface area contributed by atoms with E-state index in [1.165, 1.54) is 0 Å². The number of hydrogen-bond donors (Lipinski definition) is 1. The Bertz CT molecular complexity index is 1100. The average Bonchev–Trinajstić information content (AvgIpc) is 3.20. The first-order valence-electron chi connectivity index (χ1n) is 9.23. The molecule has 0 fully saturated rings. The number of methoxy groups -OCH3 is 1. The van der Waals surface area contributed by atoms with Crippen molar-refractivity contribution >= 4 is 21.6 Å². The lowest BCUT2D eigenvalue weighted by Gasteiger charge is -2.38. The van der Waals surface area contributed by atoms with Gasteiger partial charge in [0.15, 0.2) is 0 Å². The van der Waals surface area contributed by atoms with Crippen molar-refractivity contribution in [2.24, 2.45) is 5.10 Å². The number of pyridine rings is 1. The molecule has 3 aromatic rings. The maximum atomic E-state index is 10.4. The molecule has 2 atom stereocenters. The minimum absolute atomic E-state index is 0.00461. The van der Waals surface area contributed by atoms with Crippen LogP contribution < -0.4 is 9.47 Å². The molecule has 2 aliphatic rings. The SMILES string of the molecule is COc1ccc(O)c(C2=NN3C(C2)c2cc(Br)ccc2OC3c2ccncc2)c1. The largest absolute Gasteiger partial charge is 0.507 e. The van der Waals surface area contributed by atoms with Crippen LogP contribution in [-0.4, -0.2) is 27.9 Å². The molecular weight excluding hydrogens is 434 g/mol. The highest BCUT2D eigenvalue weighted by atomic mass is 79.9. The summed E-state index contributed by atoms with van der Waals surface area (Å²) in [6.45, 7) is 0. The number of nitrogens with zero attached hydrogens (tertiary/aromatic N) is 3. The quantitative estimate of drug-likeness (QED) is 0.619. The summed E-state index contributed by atoms with van der Waals surface area (Å²) in [4.78, 5) is 4.11. The summed E-state index contributed by atoms with van der Waals surface area (Å²) in [5.41, 5.74) is 3.50. The molecule has 2 unspecified atom stereocenters. The van der Waals surface area contributed by atoms with Crippen molar-refractivity contribution in [3.05, 3.63) is 82.1 Å². The van der Waals surface area contributed by atoms with Gasteiger partial charge in [0, 0.05) is 40.0 Å². The lowest BCUT2D eigenvalue weighted by molar-refractivity contribution is -0.0191. The van der Waals surface area contributed by atoms with Gasteiger partial charge < -0.3 is 14.6 Å². The Morgan fingerprint density at radius 2 is 1.97 bits per heavy atom. The van der Waals surface area contributed by atoms with Gasteiger partial charge in [-0.15, -0.1) is 0 Å². The molecule has 0 saturated carbocycles. The van der Waals surface area contributed by atoms with Crippen molar-refractivity contribution in [1.29, 1.82) is 0 Å². The molecule has 5 rings (SSSR count). The number of hydrogen-bond acceptors (Lipinski definition) is 6. The molecule has 0 amide bonds. The normalized spacial score (nSPS) is 19.8. The topological polar surface area (TPSA) is 67.2 Å². The first-order valence-corrected chi connectivity index (χ1v) is 10.0. The summed E-state index contributed by atoms with van der Waals surface area (Å²) in [5.74, 6) is 1.69. The van der Waals surface area contributed by atoms with Crippen LogP contribution in [0, 0.1) is 0 Å². The second-order valence-corrected chi connectivity index (χ2v) is 7.88. The lowest BCUT2D eigenvalue weighted by atomic mass is 9.95. The summed E-state index contributed by atoms with van der Waals surface area (Å²) >= 11 is 3.56. The Labute approximate surface area is 176 Å². The number of aromatic nitrogens is 1. The number of rotatable bonds is 3. The monoisotopic (exact) mass is 451 g/mol. The standard InChI is InChI=1S/C22H18BrN3O3/c1-28-15-3-4-20(27)16(11-15)18-12-19-17-10-14(23)2-5-21(17)29-22(26(19)25-18)13-6-8-24-9-7-13/h2-11,19,22,27H,12H2,1H3. The van der Waals surface area contributed by atoms with E-state index in [9.17, 15) is 5.11 Å². The second-order valence-electron chi connectivity index (χ2n) is 6.96. The molecule has 1 N–H and O–H groups in total. The molecule has 6 nitrogen and oxygen atoms in total. The Hall–Kier alpha value is -3.06. The number of phenols is 1. The molecule has 0 radical (unpaired) electrons. The number of hydrazone groups is 1. The first-order chi connectivity index (χ1) is 14.1. The van der Waals surface area contributed by atoms with Gasteiger partial charge in [-0.1, -0.05) is 15.9 Å². The van der Waals surface area contributed by atoms with E-state index in [0.29, 0.717) is 17.7 Å². The van der Waals surface area contributed by atoms with Crippen LogP contribution in [0.5, 0.6) is 17.2 Å². The molecular formula is C22H18BrN3O3. The summed E-state index contributed by atoms with van der Waals surface area (Å²) in [5, 5.41) is 17.3. The fourth-order valence-electron chi connectivity index (χ4n) is 3.84. The van der Waals surface area contributed by atoms with Crippen molar-refractivity contribution < 1.29 is 14.6 Å². The zero-order valence-electron chi connectivity index (χ0n) is 15.6. The Kier molecular flexibility index (Phi) is 4.39. The van der Waals surface area contributed by atoms with Crippen molar-refractivity contribution in [1.82, 2.24) is 9.99 Å². The molecule has 29 heavy (non-hydrogen) atoms. The fourth-order valence-corrected chi connectivity index (χ4v) is 4.22. The minimum atomic E-state index is -0.373. The van der Waals surface area contributed by atoms with Crippen LogP contribution in [0.15, 0.2) is 70.5 Å². The van der Waals surface area contributed by atoms with Gasteiger partial charge in [-0.25, -0.2) is 5.01 Å². The summed E-state index contributed by atoms with van der Waals surface area (Å²) in [7, 11) is 1.61. The third-order valence-corrected chi connectivity index (χ3v) is 5.75. The highest BCUT2D eigenvalue weighted by molar-refractivity contribution is 9.10. The van der Waals surface area contributed by atoms with Gasteiger partial charge in [0.2, 0.25) is 6.23 Å². The third kappa shape index (κ3) is 3.11. The van der Waals surface area contributed by atoms with Crippen LogP contribution in [0.4, 0.5) is 0 Å². The van der Waals surface area contributed by atoms with Crippen LogP contribution in [0.2, 0.25) is 0 Å². The second kappa shape index (κ2) is 7.08. The summed E-state index contributed by atoms with van der Waals surface area (Å²) in [6.07, 6.45) is 3.77. The van der Waals surface area contributed by atoms with Crippen LogP contribution in [0.1, 0.15) is 35.4 Å². The number of benzene rings is 2. The van der Waals surface area contributed by atoms with E-state index in [0.717, 1.165) is 27.1 Å². The van der Waals surface area contributed by atoms with E-state index in [1.807, 2.05) is 35.3 Å². The van der Waals surface area contributed by atoms with E-state index < -0.39 is 0 Å². The predicted molar refractivity (Wildman–Crippen MR) is 112 cm³/mol. The van der Waals surface area contributed by atoms with E-state index >= 15 is 0 Å². The van der Waals surface area contributed by atoms with Gasteiger partial charge >= 0.3 is 0 Å². The Morgan fingerprint density at radius 1 is 1.14 bits per heavy atom. The average molecular weight is 452 g/mol. The number of halogens is 1. The molecule has 3 heterocycles. The summed E-state index contributed by atoms with van der Waals surface area (Å²) in [6, 6.07) is 15.1. The molecule has 2 aliphatic heterocycles. The molecule has 0 saturated heterocycles. The number of fused-ring (bicyclic) bond motifs is 3. The molecule has 0 aliphatic carbocycles. The molecule has 2 aromatic carbocycles. The minimum Gasteiger partial charge on any atom is -0.507 e. The lowest BCUT2D eigenvalue weighted by Crippen LogP contribution is -2.33. The van der Waals surface area contributed by atoms with Crippen molar-refractivity contribution in [3.8, 4) is 17.2 Å². The van der Waals surface area contributed by atoms with E-state index in [1.54, 1.807) is 31.6 Å². The Balaban J connectivity index is 1.62. The smallest absolute Gasteiger partial charge is 0.213 e. The highest BCUT2D eigenvalue weighted by Gasteiger charge is 2.41. The highest BCUT2D eigenvalue weighted by Crippen LogP contribution is 2.48. The van der Waals surface area contributed by atoms with Gasteiger partial charge in [-0.05, 0) is 48.5 Å². The van der Waals surface area contributed by atoms with Crippen LogP contribution >= 0.6 is 15.9 Å². The van der Waals surface area contributed by atoms with E-state index in [4.69, 9.17) is 14.6 Å². The molecule has 1 aromatic heterocycles. The van der Waals surface area contributed by atoms with Crippen LogP contribution in [0.25, 0.3) is 0 Å². The first kappa shape index (κ1) is 18.0. The van der Waals surface area contributed by atoms with Crippen LogP contribution in [-0.2, 0) is 0 Å². The number of phenolic OH excluding ortho intramolecular Hbond substituents is 1. The van der Waals surface area contributed by atoms with Gasteiger partial charge in [-0.3, -0.25) is 4.98 Å². The number of ether oxygens (including phenoxy) is 2. The predicted octanol–water partition coefficient (Wildman–Crippen LogP) is 4.80. The Morgan fingerprint density at radius 3 is 2.76 bits per heavy atom. The van der Waals surface area contributed by atoms with Crippen molar-refractivity contribution in [3.63, 3.8) is 0 Å². The molecule has 146 valence electrons. The van der Waals surface area contributed by atoms with E-state index in [2.05, 4.69) is 27.0 Å². The van der Waals surface area contributed by atoms with Gasteiger partial charge in [0.05, 0.1) is 18.9 Å². The van der Waals surface area contributed by atoms with Crippen molar-refractivity contribution in [2.75, 3.05) is 7.11 Å². The van der Waals surface area contributed by atoms with Crippen LogP contribution in [0.3, 0.4) is 0 Å². The van der Waals surface area contributed by atoms with Gasteiger partial charge in [0.25, 0.3) is 0 Å². The maximum absolute atomic E-state index is 10.4. The maximum Gasteiger partial charge on any atom is 0.213 e. The number of aromatic hydroxyl groups is 1. The van der Waals surface area contributed by atoms with Gasteiger partial charge in [-0.2, -0.15) is 5.10 Å². The van der Waals surface area contributed by atoms with E-state index in [-0.39, 0.29) is 18.0 Å².